The highest BCUT2D eigenvalue weighted by molar-refractivity contribution is 6.15. The second kappa shape index (κ2) is 11.8. The van der Waals surface area contributed by atoms with Crippen LogP contribution in [0.1, 0.15) is 30.9 Å². The molecule has 10 rings (SSSR count). The van der Waals surface area contributed by atoms with Crippen molar-refractivity contribution < 1.29 is 0 Å². The molecule has 2 aliphatic carbocycles. The highest BCUT2D eigenvalue weighted by Crippen LogP contribution is 2.42. The van der Waals surface area contributed by atoms with Crippen molar-refractivity contribution in [1.29, 1.82) is 0 Å². The van der Waals surface area contributed by atoms with Crippen molar-refractivity contribution >= 4 is 49.2 Å². The molecule has 0 aliphatic heterocycles. The Bertz CT molecular complexity index is 2730. The van der Waals surface area contributed by atoms with Gasteiger partial charge >= 0.3 is 0 Å². The number of allylic oxidation sites excluding steroid dienone is 8. The van der Waals surface area contributed by atoms with Gasteiger partial charge in [0, 0.05) is 43.8 Å². The van der Waals surface area contributed by atoms with Crippen molar-refractivity contribution in [3.63, 3.8) is 0 Å². The van der Waals surface area contributed by atoms with Gasteiger partial charge in [-0.15, -0.1) is 0 Å². The van der Waals surface area contributed by atoms with Crippen molar-refractivity contribution in [3.8, 4) is 27.9 Å². The van der Waals surface area contributed by atoms with Crippen LogP contribution >= 0.6 is 0 Å². The first-order chi connectivity index (χ1) is 24.8. The molecule has 0 fully saturated rings. The molecule has 0 amide bonds. The lowest BCUT2D eigenvalue weighted by Crippen LogP contribution is -2.06. The summed E-state index contributed by atoms with van der Waals surface area (Å²) in [5, 5.41) is 5.13. The van der Waals surface area contributed by atoms with E-state index in [0.717, 1.165) is 19.3 Å². The first kappa shape index (κ1) is 28.9. The summed E-state index contributed by atoms with van der Waals surface area (Å²) in [6.45, 7) is 0. The summed E-state index contributed by atoms with van der Waals surface area (Å²) in [5.74, 6) is 0. The third-order valence-corrected chi connectivity index (χ3v) is 10.6. The lowest BCUT2D eigenvalue weighted by molar-refractivity contribution is 0.648. The highest BCUT2D eigenvalue weighted by atomic mass is 15.0. The lowest BCUT2D eigenvalue weighted by atomic mass is 9.95. The second-order valence-corrected chi connectivity index (χ2v) is 13.6. The Balaban J connectivity index is 1.25. The maximum atomic E-state index is 2.52. The summed E-state index contributed by atoms with van der Waals surface area (Å²) >= 11 is 0. The van der Waals surface area contributed by atoms with E-state index in [0.29, 0.717) is 6.04 Å². The van der Waals surface area contributed by atoms with E-state index in [-0.39, 0.29) is 0 Å². The fourth-order valence-electron chi connectivity index (χ4n) is 8.34. The molecular weight excluding hydrogens is 605 g/mol. The number of benzene rings is 6. The van der Waals surface area contributed by atoms with E-state index in [1.807, 2.05) is 0 Å². The maximum absolute atomic E-state index is 2.52. The van der Waals surface area contributed by atoms with Crippen LogP contribution in [-0.2, 0) is 0 Å². The van der Waals surface area contributed by atoms with Crippen molar-refractivity contribution in [2.75, 3.05) is 0 Å². The van der Waals surface area contributed by atoms with Crippen LogP contribution < -0.4 is 0 Å². The van der Waals surface area contributed by atoms with Gasteiger partial charge in [-0.05, 0) is 89.6 Å². The first-order valence-corrected chi connectivity index (χ1v) is 17.8. The number of hydrogen-bond donors (Lipinski definition) is 0. The molecule has 1 atom stereocenters. The number of hydrogen-bond acceptors (Lipinski definition) is 0. The second-order valence-electron chi connectivity index (χ2n) is 13.6. The Morgan fingerprint density at radius 2 is 1.26 bits per heavy atom. The summed E-state index contributed by atoms with van der Waals surface area (Å²) in [6, 6.07) is 49.9. The third kappa shape index (κ3) is 4.64. The Morgan fingerprint density at radius 3 is 2.08 bits per heavy atom. The largest absolute Gasteiger partial charge is 0.333 e. The van der Waals surface area contributed by atoms with Gasteiger partial charge in [0.2, 0.25) is 0 Å². The molecule has 0 N–H and O–H groups in total. The molecule has 2 heteroatoms. The third-order valence-electron chi connectivity index (χ3n) is 10.6. The molecule has 0 radical (unpaired) electrons. The van der Waals surface area contributed by atoms with Crippen LogP contribution in [0.25, 0.3) is 77.1 Å². The van der Waals surface area contributed by atoms with Crippen LogP contribution in [0.3, 0.4) is 0 Å². The van der Waals surface area contributed by atoms with E-state index in [4.69, 9.17) is 0 Å². The van der Waals surface area contributed by atoms with Crippen LogP contribution in [0.5, 0.6) is 0 Å². The van der Waals surface area contributed by atoms with Crippen molar-refractivity contribution in [2.24, 2.45) is 0 Å². The molecule has 8 aromatic rings. The zero-order valence-corrected chi connectivity index (χ0v) is 27.8. The van der Waals surface area contributed by atoms with E-state index < -0.39 is 0 Å². The minimum atomic E-state index is 0.305. The van der Waals surface area contributed by atoms with Gasteiger partial charge in [0.05, 0.1) is 17.1 Å². The van der Waals surface area contributed by atoms with E-state index in [2.05, 4.69) is 185 Å². The Kier molecular flexibility index (Phi) is 6.80. The van der Waals surface area contributed by atoms with Gasteiger partial charge in [0.15, 0.2) is 0 Å². The summed E-state index contributed by atoms with van der Waals surface area (Å²) in [4.78, 5) is 0. The molecule has 0 bridgehead atoms. The van der Waals surface area contributed by atoms with Gasteiger partial charge in [0.1, 0.15) is 0 Å². The zero-order valence-electron chi connectivity index (χ0n) is 27.8. The predicted octanol–water partition coefficient (Wildman–Crippen LogP) is 13.0. The monoisotopic (exact) mass is 640 g/mol. The molecule has 0 saturated carbocycles. The van der Waals surface area contributed by atoms with E-state index in [1.165, 1.54) is 82.7 Å². The zero-order chi connectivity index (χ0) is 33.0. The minimum Gasteiger partial charge on any atom is -0.333 e. The van der Waals surface area contributed by atoms with Gasteiger partial charge in [-0.2, -0.15) is 0 Å². The van der Waals surface area contributed by atoms with E-state index >= 15 is 0 Å². The molecule has 2 aromatic heterocycles. The van der Waals surface area contributed by atoms with Gasteiger partial charge in [-0.25, -0.2) is 0 Å². The van der Waals surface area contributed by atoms with Gasteiger partial charge in [-0.3, -0.25) is 0 Å². The number of aromatic nitrogens is 2. The van der Waals surface area contributed by atoms with Crippen molar-refractivity contribution in [3.05, 3.63) is 182 Å². The van der Waals surface area contributed by atoms with Crippen LogP contribution in [0, 0.1) is 0 Å². The van der Waals surface area contributed by atoms with Crippen molar-refractivity contribution in [2.45, 2.75) is 25.3 Å². The Morgan fingerprint density at radius 1 is 0.500 bits per heavy atom. The van der Waals surface area contributed by atoms with Gasteiger partial charge in [-0.1, -0.05) is 134 Å². The van der Waals surface area contributed by atoms with Gasteiger partial charge < -0.3 is 9.13 Å². The molecule has 2 heterocycles. The van der Waals surface area contributed by atoms with E-state index in [9.17, 15) is 0 Å². The number of fused-ring (bicyclic) bond motifs is 6. The molecule has 0 spiro atoms. The Hall–Kier alpha value is -6.12. The van der Waals surface area contributed by atoms with Crippen LogP contribution in [0.15, 0.2) is 176 Å². The molecule has 0 saturated heterocycles. The summed E-state index contributed by atoms with van der Waals surface area (Å²) in [7, 11) is 0. The average molecular weight is 641 g/mol. The topological polar surface area (TPSA) is 9.86 Å². The van der Waals surface area contributed by atoms with Crippen LogP contribution in [-0.4, -0.2) is 9.13 Å². The molecule has 238 valence electrons. The number of rotatable bonds is 5. The highest BCUT2D eigenvalue weighted by Gasteiger charge is 2.21. The molecule has 2 aliphatic rings. The summed E-state index contributed by atoms with van der Waals surface area (Å²) in [5.41, 5.74) is 13.7. The standard InChI is InChI=1S/C48H36N2/c1-4-15-33(16-5-1)36-29-37(34-17-6-2-7-18-34)31-39(30-36)50-46-26-13-10-21-41(46)43-24-14-23-40(48(43)50)35-27-28-47-44(32-35)42-22-11-12-25-45(42)49(47)38-19-8-3-9-20-38/h1,3-6,8-19,21-32,38H,2,7,20H2. The summed E-state index contributed by atoms with van der Waals surface area (Å²) < 4.78 is 5.03. The smallest absolute Gasteiger partial charge is 0.0619 e. The summed E-state index contributed by atoms with van der Waals surface area (Å²) in [6.07, 6.45) is 19.1. The molecule has 1 unspecified atom stereocenters. The number of nitrogens with zero attached hydrogens (tertiary/aromatic N) is 2. The predicted molar refractivity (Wildman–Crippen MR) is 213 cm³/mol. The maximum Gasteiger partial charge on any atom is 0.0619 e. The normalized spacial score (nSPS) is 15.8. The molecule has 6 aromatic carbocycles. The number of para-hydroxylation sites is 3. The van der Waals surface area contributed by atoms with E-state index in [1.54, 1.807) is 0 Å². The fraction of sp³-hybridized carbons (Fsp3) is 0.0833. The minimum absolute atomic E-state index is 0.305. The van der Waals surface area contributed by atoms with Crippen LogP contribution in [0.2, 0.25) is 0 Å². The van der Waals surface area contributed by atoms with Gasteiger partial charge in [0.25, 0.3) is 0 Å². The molecule has 2 nitrogen and oxygen atoms in total. The average Bonchev–Trinajstić information content (AvgIpc) is 3.71. The van der Waals surface area contributed by atoms with Crippen LogP contribution in [0.4, 0.5) is 0 Å². The quantitative estimate of drug-likeness (QED) is 0.177. The SMILES string of the molecule is C1=CCC(n2c3ccccc3c3cc(-c4cccc5c6ccccc6n(-c6cc(C7=CCCC=C7)cc(-c7ccccc7)c6)c45)ccc32)C=C1. The lowest BCUT2D eigenvalue weighted by Gasteiger charge is -2.18. The van der Waals surface area contributed by atoms with Crippen molar-refractivity contribution in [1.82, 2.24) is 9.13 Å². The fourth-order valence-corrected chi connectivity index (χ4v) is 8.34. The molecular formula is C48H36N2. The Labute approximate surface area is 292 Å². The first-order valence-electron chi connectivity index (χ1n) is 17.8. The molecule has 50 heavy (non-hydrogen) atoms.